The van der Waals surface area contributed by atoms with Crippen LogP contribution in [0, 0.1) is 0 Å². The lowest BCUT2D eigenvalue weighted by Gasteiger charge is -2.26. The van der Waals surface area contributed by atoms with Crippen molar-refractivity contribution < 1.29 is 13.2 Å². The average molecular weight is 366 g/mol. The maximum atomic E-state index is 12.6. The van der Waals surface area contributed by atoms with Gasteiger partial charge in [-0.3, -0.25) is 4.79 Å². The first-order valence-electron chi connectivity index (χ1n) is 8.40. The number of hydrogen-bond donors (Lipinski definition) is 1. The van der Waals surface area contributed by atoms with E-state index in [0.29, 0.717) is 22.4 Å². The maximum Gasteiger partial charge on any atom is 0.251 e. The van der Waals surface area contributed by atoms with Crippen LogP contribution in [0.2, 0.25) is 0 Å². The smallest absolute Gasteiger partial charge is 0.251 e. The molecule has 0 bridgehead atoms. The summed E-state index contributed by atoms with van der Waals surface area (Å²) in [7, 11) is -3.26. The molecule has 4 rings (SSSR count). The van der Waals surface area contributed by atoms with Gasteiger partial charge in [0, 0.05) is 23.6 Å². The summed E-state index contributed by atoms with van der Waals surface area (Å²) in [4.78, 5) is 12.9. The predicted octanol–water partition coefficient (Wildman–Crippen LogP) is 3.13. The van der Waals surface area contributed by atoms with E-state index in [-0.39, 0.29) is 17.7 Å². The topological polar surface area (TPSA) is 68.2 Å². The van der Waals surface area contributed by atoms with Crippen molar-refractivity contribution in [2.75, 3.05) is 5.75 Å². The SMILES string of the molecule is O=C(NC1CCS(=O)(=O)c2ccccc21)c1ccc(-n2cccc2)cc1. The van der Waals surface area contributed by atoms with Crippen molar-refractivity contribution in [3.8, 4) is 5.69 Å². The Morgan fingerprint density at radius 2 is 1.65 bits per heavy atom. The van der Waals surface area contributed by atoms with E-state index < -0.39 is 9.84 Å². The molecule has 2 aromatic carbocycles. The third kappa shape index (κ3) is 3.04. The van der Waals surface area contributed by atoms with Gasteiger partial charge in [0.25, 0.3) is 5.91 Å². The summed E-state index contributed by atoms with van der Waals surface area (Å²) in [5.74, 6) is -0.162. The third-order valence-electron chi connectivity index (χ3n) is 4.64. The second kappa shape index (κ2) is 6.46. The molecule has 1 aliphatic rings. The van der Waals surface area contributed by atoms with E-state index in [4.69, 9.17) is 0 Å². The van der Waals surface area contributed by atoms with Crippen LogP contribution in [0.15, 0.2) is 78.0 Å². The first-order valence-corrected chi connectivity index (χ1v) is 10.1. The molecule has 0 saturated heterocycles. The van der Waals surface area contributed by atoms with Crippen molar-refractivity contribution in [1.29, 1.82) is 0 Å². The number of sulfone groups is 1. The lowest BCUT2D eigenvalue weighted by atomic mass is 10.0. The van der Waals surface area contributed by atoms with Gasteiger partial charge in [0.1, 0.15) is 0 Å². The standard InChI is InChI=1S/C20H18N2O3S/c23-20(15-7-9-16(10-8-15)22-12-3-4-13-22)21-18-11-14-26(24,25)19-6-2-1-5-17(18)19/h1-10,12-13,18H,11,14H2,(H,21,23). The second-order valence-electron chi connectivity index (χ2n) is 6.31. The zero-order valence-electron chi connectivity index (χ0n) is 14.0. The molecule has 26 heavy (non-hydrogen) atoms. The van der Waals surface area contributed by atoms with Crippen LogP contribution in [-0.2, 0) is 9.84 Å². The normalized spacial score (nSPS) is 18.1. The van der Waals surface area contributed by atoms with Gasteiger partial charge in [0.2, 0.25) is 0 Å². The summed E-state index contributed by atoms with van der Waals surface area (Å²) < 4.78 is 26.4. The molecule has 3 aromatic rings. The molecule has 1 unspecified atom stereocenters. The zero-order chi connectivity index (χ0) is 18.1. The summed E-state index contributed by atoms with van der Waals surface area (Å²) in [5, 5.41) is 2.97. The third-order valence-corrected chi connectivity index (χ3v) is 6.46. The van der Waals surface area contributed by atoms with E-state index in [9.17, 15) is 13.2 Å². The van der Waals surface area contributed by atoms with Crippen LogP contribution >= 0.6 is 0 Å². The van der Waals surface area contributed by atoms with Gasteiger partial charge in [-0.1, -0.05) is 18.2 Å². The lowest BCUT2D eigenvalue weighted by molar-refractivity contribution is 0.0934. The number of nitrogens with zero attached hydrogens (tertiary/aromatic N) is 1. The van der Waals surface area contributed by atoms with Crippen LogP contribution in [0.5, 0.6) is 0 Å². The van der Waals surface area contributed by atoms with E-state index in [2.05, 4.69) is 5.32 Å². The van der Waals surface area contributed by atoms with Crippen molar-refractivity contribution >= 4 is 15.7 Å². The second-order valence-corrected chi connectivity index (χ2v) is 8.39. The zero-order valence-corrected chi connectivity index (χ0v) is 14.8. The Morgan fingerprint density at radius 1 is 0.962 bits per heavy atom. The monoisotopic (exact) mass is 366 g/mol. The van der Waals surface area contributed by atoms with Crippen LogP contribution in [-0.4, -0.2) is 24.6 Å². The minimum atomic E-state index is -3.26. The van der Waals surface area contributed by atoms with Gasteiger partial charge < -0.3 is 9.88 Å². The Labute approximate surface area is 152 Å². The van der Waals surface area contributed by atoms with E-state index >= 15 is 0 Å². The van der Waals surface area contributed by atoms with Crippen molar-refractivity contribution in [3.63, 3.8) is 0 Å². The molecule has 1 aliphatic heterocycles. The summed E-state index contributed by atoms with van der Waals surface area (Å²) in [6, 6.07) is 17.8. The molecule has 1 atom stereocenters. The molecule has 5 nitrogen and oxygen atoms in total. The van der Waals surface area contributed by atoms with Crippen LogP contribution in [0.3, 0.4) is 0 Å². The highest BCUT2D eigenvalue weighted by atomic mass is 32.2. The molecule has 132 valence electrons. The van der Waals surface area contributed by atoms with Gasteiger partial charge in [-0.05, 0) is 54.4 Å². The highest BCUT2D eigenvalue weighted by Gasteiger charge is 2.30. The number of benzene rings is 2. The number of nitrogens with one attached hydrogen (secondary N) is 1. The van der Waals surface area contributed by atoms with Gasteiger partial charge in [-0.2, -0.15) is 0 Å². The molecule has 0 aliphatic carbocycles. The molecule has 2 heterocycles. The quantitative estimate of drug-likeness (QED) is 0.774. The fourth-order valence-electron chi connectivity index (χ4n) is 3.27. The summed E-state index contributed by atoms with van der Waals surface area (Å²) in [5.41, 5.74) is 2.18. The lowest BCUT2D eigenvalue weighted by Crippen LogP contribution is -2.33. The largest absolute Gasteiger partial charge is 0.345 e. The fraction of sp³-hybridized carbons (Fsp3) is 0.150. The van der Waals surface area contributed by atoms with Gasteiger partial charge >= 0.3 is 0 Å². The van der Waals surface area contributed by atoms with Crippen LogP contribution < -0.4 is 5.32 Å². The Balaban J connectivity index is 1.55. The Hall–Kier alpha value is -2.86. The highest BCUT2D eigenvalue weighted by molar-refractivity contribution is 7.91. The minimum Gasteiger partial charge on any atom is -0.345 e. The number of fused-ring (bicyclic) bond motifs is 1. The number of amides is 1. The number of carbonyl (C=O) groups is 1. The molecule has 0 spiro atoms. The summed E-state index contributed by atoms with van der Waals surface area (Å²) >= 11 is 0. The minimum absolute atomic E-state index is 0.0432. The molecule has 0 fully saturated rings. The molecule has 1 amide bonds. The maximum absolute atomic E-state index is 12.6. The molecule has 1 N–H and O–H groups in total. The molecular weight excluding hydrogens is 348 g/mol. The van der Waals surface area contributed by atoms with Crippen molar-refractivity contribution in [2.24, 2.45) is 0 Å². The molecule has 6 heteroatoms. The summed E-state index contributed by atoms with van der Waals surface area (Å²) in [6.45, 7) is 0. The van der Waals surface area contributed by atoms with Crippen molar-refractivity contribution in [3.05, 3.63) is 84.2 Å². The van der Waals surface area contributed by atoms with Gasteiger partial charge in [0.15, 0.2) is 9.84 Å². The van der Waals surface area contributed by atoms with Gasteiger partial charge in [-0.15, -0.1) is 0 Å². The molecular formula is C20H18N2O3S. The van der Waals surface area contributed by atoms with E-state index in [1.54, 1.807) is 36.4 Å². The van der Waals surface area contributed by atoms with Gasteiger partial charge in [-0.25, -0.2) is 8.42 Å². The average Bonchev–Trinajstić information content (AvgIpc) is 3.19. The first-order chi connectivity index (χ1) is 12.5. The summed E-state index contributed by atoms with van der Waals surface area (Å²) in [6.07, 6.45) is 4.26. The Bertz CT molecular complexity index is 1040. The van der Waals surface area contributed by atoms with Gasteiger partial charge in [0.05, 0.1) is 16.7 Å². The van der Waals surface area contributed by atoms with Crippen LogP contribution in [0.1, 0.15) is 28.4 Å². The first kappa shape index (κ1) is 16.6. The van der Waals surface area contributed by atoms with E-state index in [1.807, 2.05) is 41.2 Å². The molecule has 1 aromatic heterocycles. The number of carbonyl (C=O) groups excluding carboxylic acids is 1. The Morgan fingerprint density at radius 3 is 2.38 bits per heavy atom. The number of rotatable bonds is 3. The van der Waals surface area contributed by atoms with Crippen LogP contribution in [0.25, 0.3) is 5.69 Å². The van der Waals surface area contributed by atoms with E-state index in [1.165, 1.54) is 0 Å². The Kier molecular flexibility index (Phi) is 4.12. The number of hydrogen-bond acceptors (Lipinski definition) is 3. The molecule has 0 radical (unpaired) electrons. The predicted molar refractivity (Wildman–Crippen MR) is 99.1 cm³/mol. The number of aromatic nitrogens is 1. The van der Waals surface area contributed by atoms with Crippen LogP contribution in [0.4, 0.5) is 0 Å². The highest BCUT2D eigenvalue weighted by Crippen LogP contribution is 2.32. The molecule has 0 saturated carbocycles. The van der Waals surface area contributed by atoms with Crippen molar-refractivity contribution in [2.45, 2.75) is 17.4 Å². The van der Waals surface area contributed by atoms with E-state index in [0.717, 1.165) is 5.69 Å². The fourth-order valence-corrected chi connectivity index (χ4v) is 4.89. The van der Waals surface area contributed by atoms with Crippen molar-refractivity contribution in [1.82, 2.24) is 9.88 Å².